The smallest absolute Gasteiger partial charge is 0.308 e. The zero-order chi connectivity index (χ0) is 35.1. The molecule has 242 valence electrons. The highest BCUT2D eigenvalue weighted by Gasteiger charge is 2.35. The first-order valence-electron chi connectivity index (χ1n) is 16.2. The highest BCUT2D eigenvalue weighted by molar-refractivity contribution is 6.13. The molecule has 2 aromatic heterocycles. The zero-order valence-electron chi connectivity index (χ0n) is 27.7. The Kier molecular flexibility index (Phi) is 6.89. The molecule has 0 radical (unpaired) electrons. The Balaban J connectivity index is 1.62. The molecule has 0 bridgehead atoms. The molecule has 8 rings (SSSR count). The molecule has 2 heterocycles. The van der Waals surface area contributed by atoms with Gasteiger partial charge in [-0.25, -0.2) is 4.85 Å². The van der Waals surface area contributed by atoms with Gasteiger partial charge in [0.15, 0.2) is 5.69 Å². The average molecular weight is 659 g/mol. The number of fused-ring (bicyclic) bond motifs is 6. The number of aryl methyl sites for hydroxylation is 4. The van der Waals surface area contributed by atoms with Gasteiger partial charge in [0.05, 0.1) is 51.1 Å². The number of aromatic nitrogens is 2. The summed E-state index contributed by atoms with van der Waals surface area (Å²) in [5.41, 5.74) is 7.76. The van der Waals surface area contributed by atoms with Crippen molar-refractivity contribution in [2.75, 3.05) is 0 Å². The van der Waals surface area contributed by atoms with Crippen molar-refractivity contribution in [2.45, 2.75) is 33.9 Å². The van der Waals surface area contributed by atoms with E-state index in [4.69, 9.17) is 6.57 Å². The van der Waals surface area contributed by atoms with Crippen molar-refractivity contribution >= 4 is 49.3 Å². The van der Waals surface area contributed by atoms with Gasteiger partial charge in [-0.3, -0.25) is 0 Å². The second kappa shape index (κ2) is 11.1. The summed E-state index contributed by atoms with van der Waals surface area (Å²) in [4.78, 5) is 3.33. The van der Waals surface area contributed by atoms with Crippen molar-refractivity contribution in [1.82, 2.24) is 9.13 Å². The lowest BCUT2D eigenvalue weighted by Gasteiger charge is -2.22. The van der Waals surface area contributed by atoms with E-state index < -0.39 is 11.7 Å². The molecule has 8 aromatic rings. The second-order valence-corrected chi connectivity index (χ2v) is 12.9. The molecule has 0 amide bonds. The predicted molar refractivity (Wildman–Crippen MR) is 195 cm³/mol. The normalized spacial score (nSPS) is 11.9. The van der Waals surface area contributed by atoms with E-state index in [2.05, 4.69) is 10.9 Å². The van der Waals surface area contributed by atoms with Gasteiger partial charge in [0.2, 0.25) is 0 Å². The predicted octanol–water partition coefficient (Wildman–Crippen LogP) is 12.2. The molecule has 6 aromatic carbocycles. The molecular formula is C43H29F3N4. The summed E-state index contributed by atoms with van der Waals surface area (Å²) >= 11 is 0. The molecule has 0 aliphatic heterocycles. The number of para-hydroxylation sites is 4. The third-order valence-corrected chi connectivity index (χ3v) is 9.87. The molecular weight excluding hydrogens is 629 g/mol. The summed E-state index contributed by atoms with van der Waals surface area (Å²) in [6, 6.07) is 33.7. The summed E-state index contributed by atoms with van der Waals surface area (Å²) in [5.74, 6) is 0. The van der Waals surface area contributed by atoms with Crippen molar-refractivity contribution in [1.29, 1.82) is 5.26 Å². The maximum absolute atomic E-state index is 15.0. The number of halogens is 3. The van der Waals surface area contributed by atoms with Crippen LogP contribution in [0.1, 0.15) is 33.4 Å². The Bertz CT molecular complexity index is 2700. The highest BCUT2D eigenvalue weighted by atomic mass is 19.4. The summed E-state index contributed by atoms with van der Waals surface area (Å²) < 4.78 is 49.1. The number of hydrogen-bond donors (Lipinski definition) is 0. The minimum atomic E-state index is -4.76. The highest BCUT2D eigenvalue weighted by Crippen LogP contribution is 2.46. The van der Waals surface area contributed by atoms with E-state index in [0.29, 0.717) is 22.5 Å². The van der Waals surface area contributed by atoms with Gasteiger partial charge in [0, 0.05) is 27.1 Å². The Morgan fingerprint density at radius 2 is 1.02 bits per heavy atom. The zero-order valence-corrected chi connectivity index (χ0v) is 27.7. The Hall–Kier alpha value is -6.31. The molecule has 0 saturated heterocycles. The Morgan fingerprint density at radius 1 is 0.580 bits per heavy atom. The number of alkyl halides is 3. The molecule has 0 fully saturated rings. The van der Waals surface area contributed by atoms with Crippen molar-refractivity contribution in [3.05, 3.63) is 148 Å². The second-order valence-electron chi connectivity index (χ2n) is 12.9. The maximum atomic E-state index is 15.0. The van der Waals surface area contributed by atoms with Crippen LogP contribution in [0.4, 0.5) is 18.9 Å². The summed E-state index contributed by atoms with van der Waals surface area (Å²) in [7, 11) is 0. The van der Waals surface area contributed by atoms with Crippen LogP contribution < -0.4 is 0 Å². The van der Waals surface area contributed by atoms with Gasteiger partial charge in [0.25, 0.3) is 0 Å². The van der Waals surface area contributed by atoms with Gasteiger partial charge in [-0.15, -0.1) is 0 Å². The topological polar surface area (TPSA) is 38.0 Å². The van der Waals surface area contributed by atoms with Gasteiger partial charge >= 0.3 is 6.18 Å². The van der Waals surface area contributed by atoms with Crippen LogP contribution in [-0.4, -0.2) is 9.13 Å². The first-order valence-corrected chi connectivity index (χ1v) is 16.2. The molecule has 0 saturated carbocycles. The molecule has 50 heavy (non-hydrogen) atoms. The Morgan fingerprint density at radius 3 is 1.42 bits per heavy atom. The Labute approximate surface area is 286 Å². The van der Waals surface area contributed by atoms with Crippen molar-refractivity contribution < 1.29 is 13.2 Å². The minimum absolute atomic E-state index is 0.0722. The molecule has 4 nitrogen and oxygen atoms in total. The van der Waals surface area contributed by atoms with Gasteiger partial charge < -0.3 is 9.13 Å². The summed E-state index contributed by atoms with van der Waals surface area (Å²) in [6.45, 7) is 15.5. The molecule has 0 atom stereocenters. The van der Waals surface area contributed by atoms with Crippen LogP contribution in [-0.2, 0) is 6.18 Å². The van der Waals surface area contributed by atoms with E-state index in [-0.39, 0.29) is 11.3 Å². The van der Waals surface area contributed by atoms with Gasteiger partial charge in [-0.2, -0.15) is 18.4 Å². The van der Waals surface area contributed by atoms with Crippen molar-refractivity contribution in [3.63, 3.8) is 0 Å². The molecule has 0 spiro atoms. The number of rotatable bonds is 3. The lowest BCUT2D eigenvalue weighted by Crippen LogP contribution is -2.10. The van der Waals surface area contributed by atoms with Gasteiger partial charge in [0.1, 0.15) is 6.07 Å². The number of benzene rings is 6. The van der Waals surface area contributed by atoms with E-state index in [1.54, 1.807) is 12.1 Å². The van der Waals surface area contributed by atoms with E-state index in [1.807, 2.05) is 110 Å². The third-order valence-electron chi connectivity index (χ3n) is 9.87. The van der Waals surface area contributed by atoms with Crippen LogP contribution in [0, 0.1) is 45.6 Å². The van der Waals surface area contributed by atoms with Crippen LogP contribution in [0.15, 0.2) is 103 Å². The summed E-state index contributed by atoms with van der Waals surface area (Å²) in [6.07, 6.45) is -4.76. The maximum Gasteiger partial charge on any atom is 0.415 e. The van der Waals surface area contributed by atoms with Crippen molar-refractivity contribution in [3.8, 4) is 28.6 Å². The SMILES string of the molecule is [C-]#[N+]c1ccc(-c2cc(-n3c4c(C)cccc4c4cccc(C)c43)c(C#N)cc2-n2c3c(C)cccc3c3cccc(C)c32)c(C(F)(F)F)c1. The van der Waals surface area contributed by atoms with Crippen LogP contribution in [0.3, 0.4) is 0 Å². The monoisotopic (exact) mass is 658 g/mol. The third kappa shape index (κ3) is 4.44. The average Bonchev–Trinajstić information content (AvgIpc) is 3.63. The minimum Gasteiger partial charge on any atom is -0.308 e. The van der Waals surface area contributed by atoms with Crippen LogP contribution in [0.2, 0.25) is 0 Å². The summed E-state index contributed by atoms with van der Waals surface area (Å²) in [5, 5.41) is 14.8. The lowest BCUT2D eigenvalue weighted by atomic mass is 9.94. The first-order chi connectivity index (χ1) is 24.0. The van der Waals surface area contributed by atoms with Crippen LogP contribution in [0.25, 0.3) is 71.0 Å². The fraction of sp³-hybridized carbons (Fsp3) is 0.116. The number of hydrogen-bond acceptors (Lipinski definition) is 1. The quantitative estimate of drug-likeness (QED) is 0.174. The molecule has 0 aliphatic rings. The molecule has 0 unspecified atom stereocenters. The number of nitriles is 1. The molecule has 0 aliphatic carbocycles. The molecule has 7 heteroatoms. The van der Waals surface area contributed by atoms with E-state index in [9.17, 15) is 5.26 Å². The lowest BCUT2D eigenvalue weighted by molar-refractivity contribution is -0.137. The largest absolute Gasteiger partial charge is 0.415 e. The van der Waals surface area contributed by atoms with Crippen LogP contribution in [0.5, 0.6) is 0 Å². The number of nitrogens with zero attached hydrogens (tertiary/aromatic N) is 4. The van der Waals surface area contributed by atoms with Crippen LogP contribution >= 0.6 is 0 Å². The van der Waals surface area contributed by atoms with E-state index in [1.165, 1.54) is 12.1 Å². The first kappa shape index (κ1) is 31.0. The van der Waals surface area contributed by atoms with E-state index >= 15 is 13.2 Å². The van der Waals surface area contributed by atoms with Gasteiger partial charge in [-0.1, -0.05) is 84.9 Å². The fourth-order valence-electron chi connectivity index (χ4n) is 7.72. The fourth-order valence-corrected chi connectivity index (χ4v) is 7.72. The molecule has 0 N–H and O–H groups in total. The van der Waals surface area contributed by atoms with Gasteiger partial charge in [-0.05, 0) is 73.7 Å². The van der Waals surface area contributed by atoms with E-state index in [0.717, 1.165) is 71.9 Å². The van der Waals surface area contributed by atoms with Crippen molar-refractivity contribution in [2.24, 2.45) is 0 Å². The standard InChI is InChI=1S/C43H29F3N4/c1-24-10-6-14-31-32-15-7-11-25(2)40(32)49(39(24)31)37-22-35(30-19-18-29(48-5)21-36(30)43(44,45)46)38(20-28(37)23-47)50-41-26(3)12-8-16-33(41)34-17-9-13-27(4)42(34)50/h6-22H,1-4H3.